The van der Waals surface area contributed by atoms with E-state index in [1.807, 2.05) is 0 Å². The van der Waals surface area contributed by atoms with Gasteiger partial charge in [-0.05, 0) is 6.42 Å². The third-order valence-electron chi connectivity index (χ3n) is 4.75. The number of esters is 1. The number of carbonyl (C=O) groups excluding carboxylic acids is 1. The number of hydrogen-bond donors (Lipinski definition) is 1. The highest BCUT2D eigenvalue weighted by atomic mass is 16.6. The maximum Gasteiger partial charge on any atom is 0.306 e. The van der Waals surface area contributed by atoms with Crippen LogP contribution in [-0.2, 0) is 19.0 Å². The summed E-state index contributed by atoms with van der Waals surface area (Å²) in [5.41, 5.74) is 0. The summed E-state index contributed by atoms with van der Waals surface area (Å²) in [6.45, 7) is 2.83. The molecule has 4 atom stereocenters. The largest absolute Gasteiger partial charge is 0.457 e. The second-order valence-corrected chi connectivity index (χ2v) is 6.77. The topological polar surface area (TPSA) is 65.0 Å². The normalized spacial score (nSPS) is 29.7. The fourth-order valence-electron chi connectivity index (χ4n) is 3.35. The predicted molar refractivity (Wildman–Crippen MR) is 87.2 cm³/mol. The Hall–Kier alpha value is -0.650. The van der Waals surface area contributed by atoms with Crippen molar-refractivity contribution in [3.63, 3.8) is 0 Å². The molecule has 5 heteroatoms. The monoisotopic (exact) mass is 328 g/mol. The van der Waals surface area contributed by atoms with Gasteiger partial charge in [-0.15, -0.1) is 0 Å². The minimum absolute atomic E-state index is 0.174. The summed E-state index contributed by atoms with van der Waals surface area (Å²) in [7, 11) is 0. The Morgan fingerprint density at radius 1 is 0.957 bits per heavy atom. The van der Waals surface area contributed by atoms with Gasteiger partial charge in [-0.2, -0.15) is 0 Å². The first-order valence-electron chi connectivity index (χ1n) is 9.33. The van der Waals surface area contributed by atoms with Crippen molar-refractivity contribution < 1.29 is 24.1 Å². The molecule has 2 saturated heterocycles. The lowest BCUT2D eigenvalue weighted by Gasteiger charge is -2.16. The zero-order chi connectivity index (χ0) is 16.5. The van der Waals surface area contributed by atoms with E-state index in [0.717, 1.165) is 12.8 Å². The molecule has 0 spiro atoms. The van der Waals surface area contributed by atoms with Gasteiger partial charge in [-0.3, -0.25) is 4.79 Å². The molecule has 0 bridgehead atoms. The molecule has 2 heterocycles. The lowest BCUT2D eigenvalue weighted by molar-refractivity contribution is -0.153. The average molecular weight is 328 g/mol. The maximum atomic E-state index is 11.9. The Kier molecular flexibility index (Phi) is 8.34. The lowest BCUT2D eigenvalue weighted by atomic mass is 10.1. The van der Waals surface area contributed by atoms with Crippen LogP contribution in [0.1, 0.15) is 71.1 Å². The molecule has 2 aliphatic rings. The van der Waals surface area contributed by atoms with Gasteiger partial charge in [0.05, 0.1) is 13.2 Å². The number of rotatable bonds is 11. The van der Waals surface area contributed by atoms with Gasteiger partial charge in [-0.1, -0.05) is 58.3 Å². The van der Waals surface area contributed by atoms with E-state index in [0.29, 0.717) is 13.0 Å². The van der Waals surface area contributed by atoms with Gasteiger partial charge >= 0.3 is 5.97 Å². The summed E-state index contributed by atoms with van der Waals surface area (Å²) in [4.78, 5) is 11.9. The molecule has 23 heavy (non-hydrogen) atoms. The van der Waals surface area contributed by atoms with Gasteiger partial charge in [0.1, 0.15) is 18.3 Å². The van der Waals surface area contributed by atoms with Crippen LogP contribution in [0.25, 0.3) is 0 Å². The van der Waals surface area contributed by atoms with E-state index in [1.54, 1.807) is 0 Å². The van der Waals surface area contributed by atoms with Gasteiger partial charge in [-0.25, -0.2) is 0 Å². The molecule has 2 fully saturated rings. The van der Waals surface area contributed by atoms with Crippen LogP contribution in [0.2, 0.25) is 0 Å². The van der Waals surface area contributed by atoms with Crippen LogP contribution in [-0.4, -0.2) is 48.7 Å². The Morgan fingerprint density at radius 3 is 2.26 bits per heavy atom. The molecule has 0 aliphatic carbocycles. The second kappa shape index (κ2) is 10.3. The number of aliphatic hydroxyl groups is 1. The van der Waals surface area contributed by atoms with Crippen LogP contribution in [0.4, 0.5) is 0 Å². The number of carbonyl (C=O) groups is 1. The summed E-state index contributed by atoms with van der Waals surface area (Å²) in [5, 5.41) is 9.65. The fourth-order valence-corrected chi connectivity index (χ4v) is 3.35. The second-order valence-electron chi connectivity index (χ2n) is 6.77. The predicted octanol–water partition coefficient (Wildman–Crippen LogP) is 2.98. The first-order valence-corrected chi connectivity index (χ1v) is 9.33. The molecule has 2 aliphatic heterocycles. The van der Waals surface area contributed by atoms with Crippen molar-refractivity contribution in [1.82, 2.24) is 0 Å². The molecule has 5 nitrogen and oxygen atoms in total. The molecule has 1 N–H and O–H groups in total. The van der Waals surface area contributed by atoms with Gasteiger partial charge in [0.25, 0.3) is 0 Å². The summed E-state index contributed by atoms with van der Waals surface area (Å²) in [6, 6.07) is 0. The number of unbranched alkanes of at least 4 members (excludes halogenated alkanes) is 8. The Balaban J connectivity index is 1.46. The van der Waals surface area contributed by atoms with E-state index in [1.165, 1.54) is 44.9 Å². The number of hydrogen-bond acceptors (Lipinski definition) is 5. The van der Waals surface area contributed by atoms with Crippen molar-refractivity contribution in [3.8, 4) is 0 Å². The van der Waals surface area contributed by atoms with Gasteiger partial charge in [0, 0.05) is 6.42 Å². The molecule has 0 aromatic heterocycles. The summed E-state index contributed by atoms with van der Waals surface area (Å²) >= 11 is 0. The SMILES string of the molecule is CCCCCCCCCCCC(=O)O[C@H]1CO[C@H]2[C@@H]1OC[C@H]2O. The Bertz CT molecular complexity index is 346. The summed E-state index contributed by atoms with van der Waals surface area (Å²) < 4.78 is 16.3. The lowest BCUT2D eigenvalue weighted by Crippen LogP contribution is -2.34. The Labute approximate surface area is 139 Å². The molecule has 134 valence electrons. The molecule has 2 rings (SSSR count). The Morgan fingerprint density at radius 2 is 1.57 bits per heavy atom. The minimum Gasteiger partial charge on any atom is -0.457 e. The molecule has 0 aromatic rings. The molecular weight excluding hydrogens is 296 g/mol. The van der Waals surface area contributed by atoms with Crippen molar-refractivity contribution in [1.29, 1.82) is 0 Å². The van der Waals surface area contributed by atoms with Gasteiger partial charge in [0.2, 0.25) is 0 Å². The first kappa shape index (κ1) is 18.7. The maximum absolute atomic E-state index is 11.9. The third kappa shape index (κ3) is 6.05. The fraction of sp³-hybridized carbons (Fsp3) is 0.944. The minimum atomic E-state index is -0.596. The molecule has 0 unspecified atom stereocenters. The molecule has 0 radical (unpaired) electrons. The van der Waals surface area contributed by atoms with Crippen LogP contribution < -0.4 is 0 Å². The van der Waals surface area contributed by atoms with Crippen LogP contribution >= 0.6 is 0 Å². The van der Waals surface area contributed by atoms with Gasteiger partial charge in [0.15, 0.2) is 6.10 Å². The van der Waals surface area contributed by atoms with E-state index in [-0.39, 0.29) is 30.9 Å². The molecule has 0 saturated carbocycles. The standard InChI is InChI=1S/C18H32O5/c1-2-3-4-5-6-7-8-9-10-11-16(20)23-15-13-22-17-14(19)12-21-18(15)17/h14-15,17-19H,2-13H2,1H3/t14-,15+,17-,18-/m1/s1. The quantitative estimate of drug-likeness (QED) is 0.466. The number of fused-ring (bicyclic) bond motifs is 1. The van der Waals surface area contributed by atoms with Crippen LogP contribution in [0.5, 0.6) is 0 Å². The third-order valence-corrected chi connectivity index (χ3v) is 4.75. The zero-order valence-electron chi connectivity index (χ0n) is 14.4. The molecule has 0 amide bonds. The van der Waals surface area contributed by atoms with E-state index in [4.69, 9.17) is 14.2 Å². The van der Waals surface area contributed by atoms with Crippen LogP contribution in [0.3, 0.4) is 0 Å². The van der Waals surface area contributed by atoms with Crippen molar-refractivity contribution >= 4 is 5.97 Å². The number of ether oxygens (including phenoxy) is 3. The van der Waals surface area contributed by atoms with Crippen molar-refractivity contribution in [3.05, 3.63) is 0 Å². The zero-order valence-corrected chi connectivity index (χ0v) is 14.4. The summed E-state index contributed by atoms with van der Waals surface area (Å²) in [6.07, 6.45) is 9.97. The van der Waals surface area contributed by atoms with E-state index < -0.39 is 6.10 Å². The molecular formula is C18H32O5. The highest BCUT2D eigenvalue weighted by Crippen LogP contribution is 2.29. The number of aliphatic hydroxyl groups excluding tert-OH is 1. The molecule has 0 aromatic carbocycles. The first-order chi connectivity index (χ1) is 11.2. The van der Waals surface area contributed by atoms with E-state index in [9.17, 15) is 9.90 Å². The van der Waals surface area contributed by atoms with E-state index in [2.05, 4.69) is 6.92 Å². The van der Waals surface area contributed by atoms with Crippen LogP contribution in [0.15, 0.2) is 0 Å². The van der Waals surface area contributed by atoms with Crippen molar-refractivity contribution in [2.45, 2.75) is 95.5 Å². The van der Waals surface area contributed by atoms with E-state index >= 15 is 0 Å². The smallest absolute Gasteiger partial charge is 0.306 e. The van der Waals surface area contributed by atoms with Crippen molar-refractivity contribution in [2.24, 2.45) is 0 Å². The van der Waals surface area contributed by atoms with Gasteiger partial charge < -0.3 is 19.3 Å². The summed E-state index contributed by atoms with van der Waals surface area (Å²) in [5.74, 6) is -0.174. The average Bonchev–Trinajstić information content (AvgIpc) is 3.10. The van der Waals surface area contributed by atoms with Crippen LogP contribution in [0, 0.1) is 0 Å². The van der Waals surface area contributed by atoms with Crippen molar-refractivity contribution in [2.75, 3.05) is 13.2 Å². The highest BCUT2D eigenvalue weighted by Gasteiger charge is 2.48. The highest BCUT2D eigenvalue weighted by molar-refractivity contribution is 5.69.